The summed E-state index contributed by atoms with van der Waals surface area (Å²) in [6.07, 6.45) is 7.92. The Labute approximate surface area is 346 Å². The lowest BCUT2D eigenvalue weighted by Crippen LogP contribution is -2.43. The van der Waals surface area contributed by atoms with Gasteiger partial charge >= 0.3 is 0 Å². The van der Waals surface area contributed by atoms with E-state index in [9.17, 15) is 5.11 Å². The van der Waals surface area contributed by atoms with Gasteiger partial charge in [-0.2, -0.15) is 0 Å². The molecule has 4 aromatic carbocycles. The van der Waals surface area contributed by atoms with E-state index in [1.807, 2.05) is 70.2 Å². The first kappa shape index (κ1) is 39.2. The number of aryl methyl sites for hydroxylation is 2. The smallest absolute Gasteiger partial charge is 0.142 e. The maximum absolute atomic E-state index is 11.3. The molecule has 0 aromatic heterocycles. The Morgan fingerprint density at radius 2 is 1.14 bits per heavy atom. The predicted octanol–water partition coefficient (Wildman–Crippen LogP) is 9.75. The number of methoxy groups -OCH3 is 2. The van der Waals surface area contributed by atoms with E-state index >= 15 is 0 Å². The third-order valence-electron chi connectivity index (χ3n) is 12.1. The van der Waals surface area contributed by atoms with E-state index < -0.39 is 6.10 Å². The highest BCUT2D eigenvalue weighted by Gasteiger charge is 2.47. The topological polar surface area (TPSA) is 103 Å². The molecule has 10 rings (SSSR count). The van der Waals surface area contributed by atoms with Crippen molar-refractivity contribution in [3.63, 3.8) is 0 Å². The van der Waals surface area contributed by atoms with Crippen LogP contribution in [0.3, 0.4) is 0 Å². The summed E-state index contributed by atoms with van der Waals surface area (Å²) in [5, 5.41) is 11.3. The molecule has 0 fully saturated rings. The lowest BCUT2D eigenvalue weighted by molar-refractivity contribution is -0.0405. The van der Waals surface area contributed by atoms with E-state index in [0.29, 0.717) is 25.6 Å². The monoisotopic (exact) mass is 802 g/mol. The molecule has 0 spiro atoms. The summed E-state index contributed by atoms with van der Waals surface area (Å²) in [4.78, 5) is 0. The maximum Gasteiger partial charge on any atom is 0.142 e. The molecular formula is C49H54O10. The number of aliphatic hydroxyl groups is 1. The van der Waals surface area contributed by atoms with Gasteiger partial charge < -0.3 is 47.7 Å². The molecule has 6 aliphatic rings. The standard InChI is InChI=1S/C26H30O5.C23H24O5/c1-6-11-28-25-17-7-8-19-16(9-10-26(3,4)31-19)24(17)30-22-14-29-21-12-15(2)20(27-5)13-18(21)23(22)25;1-12-9-18-15(10-17(12)25-4)20-19(11-26-18)27-22-13-7-8-23(2,3)28-16(13)6-5-14(22)21(20)24/h7-10,12-13,22-23,25H,6,11,14H2,1-5H3;5-10,19-21,24H,11H2,1-4H3/t22-,23+,25-;19-,20+,21-/m11/s1. The van der Waals surface area contributed by atoms with Gasteiger partial charge in [-0.1, -0.05) is 6.92 Å². The van der Waals surface area contributed by atoms with Crippen LogP contribution in [-0.4, -0.2) is 62.6 Å². The van der Waals surface area contributed by atoms with E-state index in [1.165, 1.54) is 0 Å². The van der Waals surface area contributed by atoms with Crippen LogP contribution in [0.2, 0.25) is 0 Å². The zero-order valence-electron chi connectivity index (χ0n) is 35.3. The summed E-state index contributed by atoms with van der Waals surface area (Å²) in [6.45, 7) is 15.8. The quantitative estimate of drug-likeness (QED) is 0.210. The Balaban J connectivity index is 0.000000153. The van der Waals surface area contributed by atoms with Crippen molar-refractivity contribution < 1.29 is 47.7 Å². The molecule has 0 unspecified atom stereocenters. The molecule has 6 aliphatic heterocycles. The summed E-state index contributed by atoms with van der Waals surface area (Å²) in [6, 6.07) is 16.0. The molecule has 4 aromatic rings. The van der Waals surface area contributed by atoms with Crippen LogP contribution in [0.25, 0.3) is 12.2 Å². The first-order valence-corrected chi connectivity index (χ1v) is 20.7. The Morgan fingerprint density at radius 3 is 1.66 bits per heavy atom. The van der Waals surface area contributed by atoms with Crippen molar-refractivity contribution in [3.05, 3.63) is 105 Å². The number of hydrogen-bond acceptors (Lipinski definition) is 10. The molecule has 6 heterocycles. The molecule has 0 bridgehead atoms. The SMILES string of the molecule is CCCO[C@@H]1c2ccc3c(c2O[C@@H]2COc4cc(C)c(OC)cc4[C@H]12)C=CC(C)(C)O3.COc1cc2c(cc1C)OC[C@H]1Oc3c(ccc4c3C=CC(C)(C)O4)[C@@H](O)[C@@H]21. The molecular weight excluding hydrogens is 749 g/mol. The number of aliphatic hydroxyl groups excluding tert-OH is 1. The average Bonchev–Trinajstić information content (AvgIpc) is 3.20. The van der Waals surface area contributed by atoms with E-state index in [0.717, 1.165) is 91.2 Å². The third-order valence-corrected chi connectivity index (χ3v) is 12.1. The number of fused-ring (bicyclic) bond motifs is 12. The van der Waals surface area contributed by atoms with Gasteiger partial charge in [0.05, 0.1) is 49.4 Å². The van der Waals surface area contributed by atoms with Gasteiger partial charge in [-0.3, -0.25) is 0 Å². The van der Waals surface area contributed by atoms with Gasteiger partial charge in [0.2, 0.25) is 0 Å². The number of benzene rings is 4. The fraction of sp³-hybridized carbons (Fsp3) is 0.429. The molecule has 0 amide bonds. The van der Waals surface area contributed by atoms with Gasteiger partial charge in [-0.05, 0) is 132 Å². The minimum absolute atomic E-state index is 0.0280. The summed E-state index contributed by atoms with van der Waals surface area (Å²) in [5.74, 6) is 6.26. The minimum atomic E-state index is -0.697. The molecule has 0 aliphatic carbocycles. The Hall–Kier alpha value is -5.32. The van der Waals surface area contributed by atoms with Gasteiger partial charge in [-0.15, -0.1) is 0 Å². The van der Waals surface area contributed by atoms with Gasteiger partial charge in [-0.25, -0.2) is 0 Å². The predicted molar refractivity (Wildman–Crippen MR) is 225 cm³/mol. The van der Waals surface area contributed by atoms with Crippen LogP contribution in [0, 0.1) is 13.8 Å². The summed E-state index contributed by atoms with van der Waals surface area (Å²) < 4.78 is 54.9. The van der Waals surface area contributed by atoms with Crippen molar-refractivity contribution in [1.82, 2.24) is 0 Å². The normalized spacial score (nSPS) is 25.1. The molecule has 6 atom stereocenters. The van der Waals surface area contributed by atoms with E-state index in [1.54, 1.807) is 14.2 Å². The van der Waals surface area contributed by atoms with Crippen molar-refractivity contribution in [3.8, 4) is 46.0 Å². The highest BCUT2D eigenvalue weighted by molar-refractivity contribution is 5.72. The fourth-order valence-electron chi connectivity index (χ4n) is 9.20. The minimum Gasteiger partial charge on any atom is -0.496 e. The van der Waals surface area contributed by atoms with Crippen molar-refractivity contribution in [2.24, 2.45) is 0 Å². The van der Waals surface area contributed by atoms with Gasteiger partial charge in [0.15, 0.2) is 0 Å². The fourth-order valence-corrected chi connectivity index (χ4v) is 9.20. The lowest BCUT2D eigenvalue weighted by Gasteiger charge is -2.44. The van der Waals surface area contributed by atoms with E-state index in [4.69, 9.17) is 42.6 Å². The van der Waals surface area contributed by atoms with Crippen LogP contribution >= 0.6 is 0 Å². The van der Waals surface area contributed by atoms with Crippen LogP contribution in [0.4, 0.5) is 0 Å². The molecule has 59 heavy (non-hydrogen) atoms. The van der Waals surface area contributed by atoms with Gasteiger partial charge in [0.1, 0.15) is 82.6 Å². The van der Waals surface area contributed by atoms with E-state index in [2.05, 4.69) is 51.1 Å². The number of rotatable bonds is 5. The number of hydrogen-bond donors (Lipinski definition) is 1. The van der Waals surface area contributed by atoms with Gasteiger partial charge in [0.25, 0.3) is 0 Å². The van der Waals surface area contributed by atoms with Crippen molar-refractivity contribution >= 4 is 12.2 Å². The van der Waals surface area contributed by atoms with Crippen molar-refractivity contribution in [1.29, 1.82) is 0 Å². The Morgan fingerprint density at radius 1 is 0.644 bits per heavy atom. The zero-order valence-corrected chi connectivity index (χ0v) is 35.3. The van der Waals surface area contributed by atoms with Crippen LogP contribution < -0.4 is 37.9 Å². The highest BCUT2D eigenvalue weighted by Crippen LogP contribution is 2.55. The molecule has 0 saturated heterocycles. The van der Waals surface area contributed by atoms with Crippen LogP contribution in [0.5, 0.6) is 46.0 Å². The second-order valence-electron chi connectivity index (χ2n) is 17.3. The molecule has 1 N–H and O–H groups in total. The van der Waals surface area contributed by atoms with Crippen LogP contribution in [0.15, 0.2) is 60.7 Å². The first-order valence-electron chi connectivity index (χ1n) is 20.7. The highest BCUT2D eigenvalue weighted by atomic mass is 16.6. The maximum atomic E-state index is 11.3. The summed E-state index contributed by atoms with van der Waals surface area (Å²) in [7, 11) is 3.35. The van der Waals surface area contributed by atoms with Crippen LogP contribution in [-0.2, 0) is 4.74 Å². The second kappa shape index (κ2) is 14.7. The summed E-state index contributed by atoms with van der Waals surface area (Å²) in [5.41, 5.74) is 7.06. The molecule has 310 valence electrons. The molecule has 10 heteroatoms. The first-order chi connectivity index (χ1) is 28.3. The van der Waals surface area contributed by atoms with E-state index in [-0.39, 0.29) is 41.3 Å². The largest absolute Gasteiger partial charge is 0.496 e. The molecule has 0 saturated carbocycles. The average molecular weight is 803 g/mol. The van der Waals surface area contributed by atoms with Crippen molar-refractivity contribution in [2.45, 2.75) is 102 Å². The third kappa shape index (κ3) is 6.84. The Bertz CT molecular complexity index is 2360. The molecule has 10 nitrogen and oxygen atoms in total. The van der Waals surface area contributed by atoms with Crippen molar-refractivity contribution in [2.75, 3.05) is 34.0 Å². The van der Waals surface area contributed by atoms with Crippen LogP contribution in [0.1, 0.15) is 110 Å². The number of ether oxygens (including phenoxy) is 9. The summed E-state index contributed by atoms with van der Waals surface area (Å²) >= 11 is 0. The lowest BCUT2D eigenvalue weighted by atomic mass is 9.79. The molecule has 0 radical (unpaired) electrons. The second-order valence-corrected chi connectivity index (χ2v) is 17.3. The zero-order chi connectivity index (χ0) is 41.4. The van der Waals surface area contributed by atoms with Gasteiger partial charge in [0, 0.05) is 28.9 Å². The Kier molecular flexibility index (Phi) is 9.79.